The fraction of sp³-hybridized carbons (Fsp3) is 0.609. The second kappa shape index (κ2) is 8.17. The zero-order valence-electron chi connectivity index (χ0n) is 18.0. The lowest BCUT2D eigenvalue weighted by atomic mass is 10.1. The third-order valence-electron chi connectivity index (χ3n) is 6.52. The van der Waals surface area contributed by atoms with Crippen molar-refractivity contribution in [1.82, 2.24) is 14.4 Å². The maximum Gasteiger partial charge on any atom is 0.270 e. The average molecular weight is 420 g/mol. The van der Waals surface area contributed by atoms with Crippen molar-refractivity contribution >= 4 is 16.8 Å². The predicted octanol–water partition coefficient (Wildman–Crippen LogP) is 4.30. The van der Waals surface area contributed by atoms with E-state index in [1.165, 1.54) is 4.90 Å². The van der Waals surface area contributed by atoms with Crippen LogP contribution in [0, 0.1) is 0 Å². The molecule has 0 bridgehead atoms. The van der Waals surface area contributed by atoms with Crippen LogP contribution in [0.25, 0.3) is 10.9 Å². The Morgan fingerprint density at radius 3 is 2.40 bits per heavy atom. The molecule has 0 unspecified atom stereocenters. The Labute approximate surface area is 176 Å². The molecule has 2 fully saturated rings. The molecular formula is C23H31F2N3O2. The normalized spacial score (nSPS) is 20.8. The van der Waals surface area contributed by atoms with Crippen LogP contribution in [0.3, 0.4) is 0 Å². The Morgan fingerprint density at radius 2 is 1.77 bits per heavy atom. The van der Waals surface area contributed by atoms with Crippen LogP contribution in [0.2, 0.25) is 0 Å². The molecular weight excluding hydrogens is 388 g/mol. The number of hydrogen-bond donors (Lipinski definition) is 0. The molecule has 0 spiro atoms. The van der Waals surface area contributed by atoms with Crippen molar-refractivity contribution in [3.05, 3.63) is 30.0 Å². The standard InChI is InChI=1S/C23H31F2N3O2/c1-16(2)27-10-6-18(7-11-27)30-19-4-5-20-17(14-19)15-21(26(20)3)22(29)28-12-8-23(24,25)9-13-28/h4-5,14-16,18H,6-13H2,1-3H3. The number of piperidine rings is 2. The van der Waals surface area contributed by atoms with Crippen LogP contribution in [-0.4, -0.2) is 64.5 Å². The molecule has 0 aliphatic carbocycles. The molecule has 164 valence electrons. The van der Waals surface area contributed by atoms with Gasteiger partial charge in [0, 0.05) is 63.0 Å². The second-order valence-corrected chi connectivity index (χ2v) is 8.90. The Hall–Kier alpha value is -2.15. The highest BCUT2D eigenvalue weighted by atomic mass is 19.3. The first kappa shape index (κ1) is 21.1. The summed E-state index contributed by atoms with van der Waals surface area (Å²) >= 11 is 0. The fourth-order valence-electron chi connectivity index (χ4n) is 4.51. The molecule has 0 saturated carbocycles. The smallest absolute Gasteiger partial charge is 0.270 e. The lowest BCUT2D eigenvalue weighted by Crippen LogP contribution is -2.43. The van der Waals surface area contributed by atoms with Crippen molar-refractivity contribution in [2.24, 2.45) is 7.05 Å². The summed E-state index contributed by atoms with van der Waals surface area (Å²) in [6, 6.07) is 8.31. The number of carbonyl (C=O) groups excluding carboxylic acids is 1. The van der Waals surface area contributed by atoms with Crippen LogP contribution in [0.1, 0.15) is 50.0 Å². The second-order valence-electron chi connectivity index (χ2n) is 8.90. The summed E-state index contributed by atoms with van der Waals surface area (Å²) in [4.78, 5) is 16.9. The lowest BCUT2D eigenvalue weighted by Gasteiger charge is -2.34. The van der Waals surface area contributed by atoms with Gasteiger partial charge < -0.3 is 19.1 Å². The van der Waals surface area contributed by atoms with Gasteiger partial charge in [-0.2, -0.15) is 0 Å². The highest BCUT2D eigenvalue weighted by Crippen LogP contribution is 2.30. The molecule has 1 amide bonds. The summed E-state index contributed by atoms with van der Waals surface area (Å²) in [5.41, 5.74) is 1.46. The molecule has 7 heteroatoms. The SMILES string of the molecule is CC(C)N1CCC(Oc2ccc3c(c2)cc(C(=O)N2CCC(F)(F)CC2)n3C)CC1. The number of alkyl halides is 2. The van der Waals surface area contributed by atoms with E-state index in [2.05, 4.69) is 18.7 Å². The van der Waals surface area contributed by atoms with Gasteiger partial charge in [0.1, 0.15) is 17.5 Å². The molecule has 4 rings (SSSR count). The van der Waals surface area contributed by atoms with Gasteiger partial charge in [-0.25, -0.2) is 8.78 Å². The van der Waals surface area contributed by atoms with Crippen LogP contribution in [-0.2, 0) is 7.05 Å². The van der Waals surface area contributed by atoms with E-state index in [0.717, 1.165) is 42.6 Å². The zero-order chi connectivity index (χ0) is 21.5. The molecule has 2 saturated heterocycles. The Bertz CT molecular complexity index is 907. The molecule has 0 atom stereocenters. The Morgan fingerprint density at radius 1 is 1.10 bits per heavy atom. The first-order valence-corrected chi connectivity index (χ1v) is 10.9. The first-order valence-electron chi connectivity index (χ1n) is 10.9. The van der Waals surface area contributed by atoms with Gasteiger partial charge in [-0.15, -0.1) is 0 Å². The van der Waals surface area contributed by atoms with Gasteiger partial charge in [0.25, 0.3) is 11.8 Å². The summed E-state index contributed by atoms with van der Waals surface area (Å²) in [7, 11) is 1.84. The largest absolute Gasteiger partial charge is 0.490 e. The van der Waals surface area contributed by atoms with Gasteiger partial charge in [-0.05, 0) is 51.0 Å². The fourth-order valence-corrected chi connectivity index (χ4v) is 4.51. The van der Waals surface area contributed by atoms with Gasteiger partial charge in [0.15, 0.2) is 0 Å². The highest BCUT2D eigenvalue weighted by Gasteiger charge is 2.36. The van der Waals surface area contributed by atoms with Gasteiger partial charge in [0.2, 0.25) is 0 Å². The summed E-state index contributed by atoms with van der Waals surface area (Å²) in [5, 5.41) is 0.931. The maximum absolute atomic E-state index is 13.4. The molecule has 3 heterocycles. The number of carbonyl (C=O) groups is 1. The molecule has 5 nitrogen and oxygen atoms in total. The van der Waals surface area contributed by atoms with Gasteiger partial charge in [0.05, 0.1) is 0 Å². The van der Waals surface area contributed by atoms with E-state index in [1.54, 1.807) is 0 Å². The molecule has 0 radical (unpaired) electrons. The molecule has 30 heavy (non-hydrogen) atoms. The number of fused-ring (bicyclic) bond motifs is 1. The van der Waals surface area contributed by atoms with E-state index in [4.69, 9.17) is 4.74 Å². The summed E-state index contributed by atoms with van der Waals surface area (Å²) in [6.45, 7) is 6.72. The van der Waals surface area contributed by atoms with E-state index in [0.29, 0.717) is 11.7 Å². The number of benzene rings is 1. The third-order valence-corrected chi connectivity index (χ3v) is 6.52. The average Bonchev–Trinajstić information content (AvgIpc) is 3.04. The van der Waals surface area contributed by atoms with E-state index in [9.17, 15) is 13.6 Å². The molecule has 0 N–H and O–H groups in total. The number of amides is 1. The molecule has 1 aromatic carbocycles. The third kappa shape index (κ3) is 4.31. The van der Waals surface area contributed by atoms with E-state index in [-0.39, 0.29) is 37.9 Å². The maximum atomic E-state index is 13.4. The topological polar surface area (TPSA) is 37.7 Å². The van der Waals surface area contributed by atoms with Crippen molar-refractivity contribution < 1.29 is 18.3 Å². The van der Waals surface area contributed by atoms with Crippen molar-refractivity contribution in [1.29, 1.82) is 0 Å². The number of ether oxygens (including phenoxy) is 1. The van der Waals surface area contributed by atoms with Gasteiger partial charge in [-0.3, -0.25) is 4.79 Å². The van der Waals surface area contributed by atoms with E-state index < -0.39 is 5.92 Å². The number of likely N-dealkylation sites (tertiary alicyclic amines) is 2. The predicted molar refractivity (Wildman–Crippen MR) is 113 cm³/mol. The van der Waals surface area contributed by atoms with Crippen LogP contribution in [0.15, 0.2) is 24.3 Å². The van der Waals surface area contributed by atoms with Crippen LogP contribution >= 0.6 is 0 Å². The number of hydrogen-bond acceptors (Lipinski definition) is 3. The minimum Gasteiger partial charge on any atom is -0.490 e. The number of nitrogens with zero attached hydrogens (tertiary/aromatic N) is 3. The minimum absolute atomic E-state index is 0.0940. The summed E-state index contributed by atoms with van der Waals surface area (Å²) in [6.07, 6.45) is 1.69. The van der Waals surface area contributed by atoms with Gasteiger partial charge in [-0.1, -0.05) is 0 Å². The number of rotatable bonds is 4. The van der Waals surface area contributed by atoms with Crippen LogP contribution in [0.5, 0.6) is 5.75 Å². The molecule has 2 aliphatic heterocycles. The van der Waals surface area contributed by atoms with Crippen molar-refractivity contribution in [2.75, 3.05) is 26.2 Å². The van der Waals surface area contributed by atoms with Crippen molar-refractivity contribution in [3.63, 3.8) is 0 Å². The van der Waals surface area contributed by atoms with Crippen molar-refractivity contribution in [3.8, 4) is 5.75 Å². The summed E-state index contributed by atoms with van der Waals surface area (Å²) < 4.78 is 34.9. The van der Waals surface area contributed by atoms with E-state index in [1.807, 2.05) is 35.9 Å². The zero-order valence-corrected chi connectivity index (χ0v) is 18.0. The number of aromatic nitrogens is 1. The van der Waals surface area contributed by atoms with Crippen molar-refractivity contribution in [2.45, 2.75) is 57.6 Å². The Kier molecular flexibility index (Phi) is 5.75. The van der Waals surface area contributed by atoms with Crippen LogP contribution in [0.4, 0.5) is 8.78 Å². The minimum atomic E-state index is -2.66. The first-order chi connectivity index (χ1) is 14.2. The number of aryl methyl sites for hydroxylation is 1. The molecule has 2 aliphatic rings. The van der Waals surface area contributed by atoms with E-state index >= 15 is 0 Å². The van der Waals surface area contributed by atoms with Gasteiger partial charge >= 0.3 is 0 Å². The lowest BCUT2D eigenvalue weighted by molar-refractivity contribution is -0.0495. The molecule has 1 aromatic heterocycles. The number of halogens is 2. The summed E-state index contributed by atoms with van der Waals surface area (Å²) in [5.74, 6) is -2.03. The molecule has 2 aromatic rings. The quantitative estimate of drug-likeness (QED) is 0.742. The monoisotopic (exact) mass is 419 g/mol. The Balaban J connectivity index is 1.46. The van der Waals surface area contributed by atoms with Crippen LogP contribution < -0.4 is 4.74 Å². The highest BCUT2D eigenvalue weighted by molar-refractivity contribution is 5.99.